The van der Waals surface area contributed by atoms with E-state index < -0.39 is 41.4 Å². The normalized spacial score (nSPS) is 16.0. The lowest BCUT2D eigenvalue weighted by atomic mass is 10.0. The summed E-state index contributed by atoms with van der Waals surface area (Å²) in [7, 11) is 1.40. The number of halogens is 1. The van der Waals surface area contributed by atoms with Crippen LogP contribution in [0.1, 0.15) is 49.6 Å². The first-order chi connectivity index (χ1) is 32.5. The predicted molar refractivity (Wildman–Crippen MR) is 240 cm³/mol. The third kappa shape index (κ3) is 9.92. The Morgan fingerprint density at radius 2 is 1.72 bits per heavy atom. The Hall–Kier alpha value is -8.15. The van der Waals surface area contributed by atoms with Gasteiger partial charge in [-0.2, -0.15) is 5.26 Å². The molecule has 3 aliphatic heterocycles. The van der Waals surface area contributed by atoms with Crippen molar-refractivity contribution in [1.29, 1.82) is 5.26 Å². The second-order valence-corrected chi connectivity index (χ2v) is 15.6. The second-order valence-electron chi connectivity index (χ2n) is 15.6. The first kappa shape index (κ1) is 45.4. The Morgan fingerprint density at radius 3 is 2.51 bits per heavy atom. The van der Waals surface area contributed by atoms with Crippen LogP contribution >= 0.6 is 0 Å². The van der Waals surface area contributed by atoms with Crippen molar-refractivity contribution in [3.05, 3.63) is 114 Å². The summed E-state index contributed by atoms with van der Waals surface area (Å²) < 4.78 is 25.9. The Kier molecular flexibility index (Phi) is 13.8. The van der Waals surface area contributed by atoms with Crippen molar-refractivity contribution in [2.45, 2.75) is 18.9 Å². The molecule has 2 fully saturated rings. The van der Waals surface area contributed by atoms with Gasteiger partial charge in [-0.05, 0) is 60.5 Å². The maximum atomic E-state index is 14.9. The summed E-state index contributed by atoms with van der Waals surface area (Å²) in [6, 6.07) is 18.7. The molecule has 6 amide bonds. The van der Waals surface area contributed by atoms with E-state index >= 15 is 0 Å². The van der Waals surface area contributed by atoms with Gasteiger partial charge in [-0.3, -0.25) is 48.9 Å². The number of rotatable bonds is 16. The number of anilines is 3. The van der Waals surface area contributed by atoms with Crippen LogP contribution < -0.4 is 30.9 Å². The van der Waals surface area contributed by atoms with Crippen molar-refractivity contribution >= 4 is 52.5 Å². The zero-order valence-corrected chi connectivity index (χ0v) is 36.2. The van der Waals surface area contributed by atoms with Crippen LogP contribution in [0.2, 0.25) is 0 Å². The number of aromatic nitrogens is 3. The molecule has 67 heavy (non-hydrogen) atoms. The van der Waals surface area contributed by atoms with Crippen LogP contribution in [0.5, 0.6) is 5.75 Å². The minimum absolute atomic E-state index is 0.00431. The molecule has 0 saturated carbocycles. The number of carbonyl (C=O) groups excluding carboxylic acids is 6. The highest BCUT2D eigenvalue weighted by molar-refractivity contribution is 6.25. The number of benzene rings is 3. The van der Waals surface area contributed by atoms with Crippen LogP contribution in [0, 0.1) is 17.1 Å². The predicted octanol–water partition coefficient (Wildman–Crippen LogP) is 3.25. The van der Waals surface area contributed by atoms with Crippen LogP contribution in [-0.4, -0.2) is 132 Å². The van der Waals surface area contributed by atoms with Gasteiger partial charge in [0.2, 0.25) is 17.7 Å². The molecule has 3 aromatic carbocycles. The van der Waals surface area contributed by atoms with Crippen LogP contribution in [-0.2, 0) is 19.1 Å². The van der Waals surface area contributed by atoms with Gasteiger partial charge in [0.05, 0.1) is 66.6 Å². The number of nitriles is 1. The van der Waals surface area contributed by atoms with Crippen molar-refractivity contribution in [3.8, 4) is 34.3 Å². The van der Waals surface area contributed by atoms with Gasteiger partial charge in [0, 0.05) is 75.5 Å². The van der Waals surface area contributed by atoms with Crippen molar-refractivity contribution in [2.24, 2.45) is 0 Å². The number of fused-ring (bicyclic) bond motifs is 1. The molecular formula is C47H44FN11O8. The fourth-order valence-electron chi connectivity index (χ4n) is 8.16. The zero-order chi connectivity index (χ0) is 47.0. The summed E-state index contributed by atoms with van der Waals surface area (Å²) in [6.45, 7) is 3.17. The number of nitrogens with one attached hydrogen (secondary N) is 4. The number of ether oxygens (including phenoxy) is 2. The highest BCUT2D eigenvalue weighted by Gasteiger charge is 2.45. The molecule has 8 rings (SSSR count). The average molecular weight is 910 g/mol. The van der Waals surface area contributed by atoms with E-state index in [4.69, 9.17) is 9.47 Å². The fourth-order valence-corrected chi connectivity index (χ4v) is 8.16. The van der Waals surface area contributed by atoms with Crippen LogP contribution in [0.4, 0.5) is 21.5 Å². The van der Waals surface area contributed by atoms with Gasteiger partial charge in [-0.1, -0.05) is 18.2 Å². The molecule has 5 heterocycles. The van der Waals surface area contributed by atoms with E-state index in [0.29, 0.717) is 59.9 Å². The minimum atomic E-state index is -1.06. The summed E-state index contributed by atoms with van der Waals surface area (Å²) in [5.74, 6) is -3.48. The van der Waals surface area contributed by atoms with Gasteiger partial charge in [-0.25, -0.2) is 14.4 Å². The van der Waals surface area contributed by atoms with E-state index in [9.17, 15) is 38.4 Å². The molecule has 2 saturated heterocycles. The van der Waals surface area contributed by atoms with Gasteiger partial charge < -0.3 is 30.3 Å². The highest BCUT2D eigenvalue weighted by Crippen LogP contribution is 2.36. The van der Waals surface area contributed by atoms with Crippen molar-refractivity contribution in [1.82, 2.24) is 35.4 Å². The molecule has 2 aromatic heterocycles. The molecular weight excluding hydrogens is 866 g/mol. The fraction of sp³-hybridized carbons (Fsp3) is 0.277. The van der Waals surface area contributed by atoms with E-state index in [1.807, 2.05) is 11.0 Å². The number of piperidine rings is 1. The molecule has 19 nitrogen and oxygen atoms in total. The monoisotopic (exact) mass is 909 g/mol. The van der Waals surface area contributed by atoms with Gasteiger partial charge >= 0.3 is 0 Å². The Balaban J connectivity index is 0.834. The number of pyridine rings is 1. The SMILES string of the molecule is COc1cccc(F)c1-c1nccc(C(=O)Nc2ccc(-c3cnccc3C#N)cc2N2CCN(CC(=O)NCCOCCNc3cccc4c3C(=O)N(C3CCC(=O)NC3=O)C4=O)CC2)n1. The standard InChI is InChI=1S/C47H44FN11O8/c1-66-38-7-3-5-32(48)42(38)43-53-15-13-35(54-43)44(62)55-33-9-8-28(31-26-50-14-12-29(31)25-49)24-37(33)58-20-18-57(19-21-58)27-40(61)52-17-23-67-22-16-51-34-6-2-4-30-41(34)47(65)59(46(30)64)36-10-11-39(60)56-45(36)63/h2-9,12-15,24,26,36,51H,10-11,16-23,27H2,1H3,(H,52,61)(H,55,62)(H,56,60,63). The van der Waals surface area contributed by atoms with Crippen LogP contribution in [0.25, 0.3) is 22.5 Å². The highest BCUT2D eigenvalue weighted by atomic mass is 19.1. The molecule has 0 radical (unpaired) electrons. The van der Waals surface area contributed by atoms with Gasteiger partial charge in [-0.15, -0.1) is 0 Å². The number of carbonyl (C=O) groups is 6. The number of methoxy groups -OCH3 is 1. The summed E-state index contributed by atoms with van der Waals surface area (Å²) in [5, 5.41) is 21.0. The molecule has 20 heteroatoms. The molecule has 3 aliphatic rings. The molecule has 0 aliphatic carbocycles. The quantitative estimate of drug-likeness (QED) is 0.0821. The van der Waals surface area contributed by atoms with Gasteiger partial charge in [0.25, 0.3) is 17.7 Å². The summed E-state index contributed by atoms with van der Waals surface area (Å²) in [4.78, 5) is 95.0. The summed E-state index contributed by atoms with van der Waals surface area (Å²) in [5.41, 5.74) is 3.66. The van der Waals surface area contributed by atoms with Crippen molar-refractivity contribution < 1.29 is 42.6 Å². The smallest absolute Gasteiger partial charge is 0.274 e. The largest absolute Gasteiger partial charge is 0.496 e. The van der Waals surface area contributed by atoms with Crippen LogP contribution in [0.15, 0.2) is 85.3 Å². The Labute approximate surface area is 383 Å². The Morgan fingerprint density at radius 1 is 0.910 bits per heavy atom. The maximum Gasteiger partial charge on any atom is 0.274 e. The number of amides is 6. The van der Waals surface area contributed by atoms with E-state index in [-0.39, 0.29) is 85.6 Å². The topological polar surface area (TPSA) is 241 Å². The zero-order valence-electron chi connectivity index (χ0n) is 36.2. The van der Waals surface area contributed by atoms with Gasteiger partial charge in [0.1, 0.15) is 23.3 Å². The lowest BCUT2D eigenvalue weighted by Gasteiger charge is -2.36. The third-order valence-electron chi connectivity index (χ3n) is 11.5. The molecule has 1 unspecified atom stereocenters. The van der Waals surface area contributed by atoms with Crippen LogP contribution in [0.3, 0.4) is 0 Å². The number of piperazine rings is 1. The van der Waals surface area contributed by atoms with Crippen molar-refractivity contribution in [2.75, 3.05) is 81.7 Å². The van der Waals surface area contributed by atoms with Crippen molar-refractivity contribution in [3.63, 3.8) is 0 Å². The number of nitrogens with zero attached hydrogens (tertiary/aromatic N) is 7. The van der Waals surface area contributed by atoms with E-state index in [0.717, 1.165) is 4.90 Å². The molecule has 0 spiro atoms. The summed E-state index contributed by atoms with van der Waals surface area (Å²) in [6.07, 6.45) is 4.61. The molecule has 4 N–H and O–H groups in total. The minimum Gasteiger partial charge on any atom is -0.496 e. The average Bonchev–Trinajstić information content (AvgIpc) is 3.59. The Bertz CT molecular complexity index is 2810. The maximum absolute atomic E-state index is 14.9. The third-order valence-corrected chi connectivity index (χ3v) is 11.5. The van der Waals surface area contributed by atoms with E-state index in [1.165, 1.54) is 37.6 Å². The molecule has 0 bridgehead atoms. The lowest BCUT2D eigenvalue weighted by molar-refractivity contribution is -0.136. The van der Waals surface area contributed by atoms with E-state index in [1.54, 1.807) is 48.8 Å². The van der Waals surface area contributed by atoms with Gasteiger partial charge in [0.15, 0.2) is 5.82 Å². The lowest BCUT2D eigenvalue weighted by Crippen LogP contribution is -2.54. The van der Waals surface area contributed by atoms with E-state index in [2.05, 4.69) is 47.2 Å². The number of imide groups is 2. The first-order valence-electron chi connectivity index (χ1n) is 21.4. The second kappa shape index (κ2) is 20.4. The molecule has 342 valence electrons. The molecule has 1 atom stereocenters. The molecule has 5 aromatic rings. The summed E-state index contributed by atoms with van der Waals surface area (Å²) >= 11 is 0. The first-order valence-corrected chi connectivity index (χ1v) is 21.4. The number of hydrogen-bond acceptors (Lipinski definition) is 15. The number of hydrogen-bond donors (Lipinski definition) is 4.